The highest BCUT2D eigenvalue weighted by molar-refractivity contribution is 7.14. The predicted octanol–water partition coefficient (Wildman–Crippen LogP) is 5.37. The molecule has 3 nitrogen and oxygen atoms in total. The Labute approximate surface area is 152 Å². The zero-order valence-electron chi connectivity index (χ0n) is 14.5. The van der Waals surface area contributed by atoms with Crippen LogP contribution >= 0.6 is 22.7 Å². The Bertz CT molecular complexity index is 657. The summed E-state index contributed by atoms with van der Waals surface area (Å²) >= 11 is 3.17. The topological polar surface area (TPSA) is 46.2 Å². The molecule has 0 bridgehead atoms. The molecule has 2 heterocycles. The fraction of sp³-hybridized carbons (Fsp3) is 0.474. The van der Waals surface area contributed by atoms with Gasteiger partial charge in [0, 0.05) is 22.6 Å². The third-order valence-electron chi connectivity index (χ3n) is 4.28. The number of Topliss-reactive ketones (excluding diaryl/α,β-unsaturated/α-hetero) is 1. The van der Waals surface area contributed by atoms with E-state index in [1.807, 2.05) is 30.5 Å². The third kappa shape index (κ3) is 5.02. The number of hydrogen-bond acceptors (Lipinski definition) is 4. The van der Waals surface area contributed by atoms with E-state index in [1.165, 1.54) is 16.2 Å². The van der Waals surface area contributed by atoms with Gasteiger partial charge in [-0.05, 0) is 36.4 Å². The van der Waals surface area contributed by atoms with Crippen molar-refractivity contribution < 1.29 is 9.59 Å². The van der Waals surface area contributed by atoms with E-state index in [9.17, 15) is 9.59 Å². The molecule has 1 atom stereocenters. The molecule has 0 aromatic carbocycles. The first-order valence-electron chi connectivity index (χ1n) is 8.47. The average Bonchev–Trinajstić information content (AvgIpc) is 3.24. The monoisotopic (exact) mass is 363 g/mol. The number of hydrogen-bond donors (Lipinski definition) is 1. The summed E-state index contributed by atoms with van der Waals surface area (Å²) in [5.74, 6) is 0.434. The number of rotatable bonds is 9. The SMILES string of the molecule is CCC(CC)C(NC(=O)CCC(=O)c1ccc(C)s1)c1cccs1. The van der Waals surface area contributed by atoms with Gasteiger partial charge in [0.1, 0.15) is 0 Å². The zero-order chi connectivity index (χ0) is 17.5. The summed E-state index contributed by atoms with van der Waals surface area (Å²) in [4.78, 5) is 27.6. The lowest BCUT2D eigenvalue weighted by Gasteiger charge is -2.25. The van der Waals surface area contributed by atoms with Crippen molar-refractivity contribution in [3.8, 4) is 0 Å². The van der Waals surface area contributed by atoms with E-state index in [0.717, 1.165) is 22.6 Å². The van der Waals surface area contributed by atoms with Gasteiger partial charge in [-0.15, -0.1) is 22.7 Å². The average molecular weight is 364 g/mol. The highest BCUT2D eigenvalue weighted by Gasteiger charge is 2.23. The molecule has 0 saturated heterocycles. The minimum atomic E-state index is -0.0399. The first-order chi connectivity index (χ1) is 11.5. The summed E-state index contributed by atoms with van der Waals surface area (Å²) < 4.78 is 0. The molecule has 2 rings (SSSR count). The van der Waals surface area contributed by atoms with Gasteiger partial charge in [0.25, 0.3) is 0 Å². The van der Waals surface area contributed by atoms with Crippen molar-refractivity contribution >= 4 is 34.4 Å². The molecule has 2 aromatic rings. The highest BCUT2D eigenvalue weighted by Crippen LogP contribution is 2.30. The largest absolute Gasteiger partial charge is 0.348 e. The van der Waals surface area contributed by atoms with Crippen LogP contribution in [0, 0.1) is 12.8 Å². The Hall–Kier alpha value is -1.46. The number of amides is 1. The minimum absolute atomic E-state index is 0.0399. The van der Waals surface area contributed by atoms with E-state index in [1.54, 1.807) is 11.3 Å². The number of ketones is 1. The van der Waals surface area contributed by atoms with Gasteiger partial charge >= 0.3 is 0 Å². The highest BCUT2D eigenvalue weighted by atomic mass is 32.1. The molecule has 5 heteroatoms. The molecule has 130 valence electrons. The lowest BCUT2D eigenvalue weighted by Crippen LogP contribution is -2.33. The number of carbonyl (C=O) groups is 2. The summed E-state index contributed by atoms with van der Waals surface area (Å²) in [6, 6.07) is 7.93. The van der Waals surface area contributed by atoms with Crippen molar-refractivity contribution in [3.63, 3.8) is 0 Å². The van der Waals surface area contributed by atoms with Gasteiger partial charge in [0.15, 0.2) is 5.78 Å². The molecule has 24 heavy (non-hydrogen) atoms. The lowest BCUT2D eigenvalue weighted by molar-refractivity contribution is -0.122. The van der Waals surface area contributed by atoms with Gasteiger partial charge in [-0.2, -0.15) is 0 Å². The maximum atomic E-state index is 12.4. The van der Waals surface area contributed by atoms with Crippen LogP contribution in [0.5, 0.6) is 0 Å². The van der Waals surface area contributed by atoms with Gasteiger partial charge < -0.3 is 5.32 Å². The van der Waals surface area contributed by atoms with E-state index in [-0.39, 0.29) is 30.6 Å². The van der Waals surface area contributed by atoms with Crippen LogP contribution in [0.1, 0.15) is 65.0 Å². The quantitative estimate of drug-likeness (QED) is 0.608. The van der Waals surface area contributed by atoms with Gasteiger partial charge in [-0.3, -0.25) is 9.59 Å². The fourth-order valence-electron chi connectivity index (χ4n) is 2.83. The summed E-state index contributed by atoms with van der Waals surface area (Å²) in [5, 5.41) is 5.20. The van der Waals surface area contributed by atoms with Gasteiger partial charge in [0.05, 0.1) is 10.9 Å². The Morgan fingerprint density at radius 1 is 1.12 bits per heavy atom. The Morgan fingerprint density at radius 3 is 2.42 bits per heavy atom. The molecule has 0 saturated carbocycles. The molecule has 1 unspecified atom stereocenters. The normalized spacial score (nSPS) is 12.3. The molecular weight excluding hydrogens is 338 g/mol. The summed E-state index contributed by atoms with van der Waals surface area (Å²) in [7, 11) is 0. The molecule has 1 amide bonds. The minimum Gasteiger partial charge on any atom is -0.348 e. The summed E-state index contributed by atoms with van der Waals surface area (Å²) in [5.41, 5.74) is 0. The van der Waals surface area contributed by atoms with Crippen molar-refractivity contribution in [1.29, 1.82) is 0 Å². The summed E-state index contributed by atoms with van der Waals surface area (Å²) in [6.07, 6.45) is 2.56. The van der Waals surface area contributed by atoms with Crippen LogP contribution in [0.15, 0.2) is 29.6 Å². The maximum Gasteiger partial charge on any atom is 0.220 e. The molecule has 1 N–H and O–H groups in total. The van der Waals surface area contributed by atoms with Gasteiger partial charge in [-0.1, -0.05) is 32.8 Å². The second-order valence-corrected chi connectivity index (χ2v) is 8.24. The maximum absolute atomic E-state index is 12.4. The second kappa shape index (κ2) is 9.14. The predicted molar refractivity (Wildman–Crippen MR) is 102 cm³/mol. The Kier molecular flexibility index (Phi) is 7.18. The van der Waals surface area contributed by atoms with Crippen molar-refractivity contribution in [2.75, 3.05) is 0 Å². The lowest BCUT2D eigenvalue weighted by atomic mass is 9.92. The van der Waals surface area contributed by atoms with Crippen molar-refractivity contribution in [3.05, 3.63) is 44.3 Å². The fourth-order valence-corrected chi connectivity index (χ4v) is 4.53. The van der Waals surface area contributed by atoms with E-state index in [4.69, 9.17) is 0 Å². The zero-order valence-corrected chi connectivity index (χ0v) is 16.1. The molecule has 0 aliphatic heterocycles. The number of aryl methyl sites for hydroxylation is 1. The van der Waals surface area contributed by atoms with Crippen LogP contribution < -0.4 is 5.32 Å². The van der Waals surface area contributed by atoms with Crippen LogP contribution in [-0.2, 0) is 4.79 Å². The van der Waals surface area contributed by atoms with E-state index in [0.29, 0.717) is 5.92 Å². The van der Waals surface area contributed by atoms with Crippen LogP contribution in [-0.4, -0.2) is 11.7 Å². The Morgan fingerprint density at radius 2 is 1.88 bits per heavy atom. The number of nitrogens with one attached hydrogen (secondary N) is 1. The molecule has 0 fully saturated rings. The molecule has 0 spiro atoms. The smallest absolute Gasteiger partial charge is 0.220 e. The van der Waals surface area contributed by atoms with Crippen molar-refractivity contribution in [2.45, 2.75) is 52.5 Å². The first-order valence-corrected chi connectivity index (χ1v) is 10.2. The standard InChI is InChI=1S/C19H25NO2S2/c1-4-14(5-2)19(17-7-6-12-23-17)20-18(22)11-9-15(21)16-10-8-13(3)24-16/h6-8,10,12,14,19H,4-5,9,11H2,1-3H3,(H,20,22). The number of thiophene rings is 2. The van der Waals surface area contributed by atoms with Gasteiger partial charge in [-0.25, -0.2) is 0 Å². The Balaban J connectivity index is 1.94. The molecular formula is C19H25NO2S2. The van der Waals surface area contributed by atoms with E-state index >= 15 is 0 Å². The van der Waals surface area contributed by atoms with Gasteiger partial charge in [0.2, 0.25) is 5.91 Å². The van der Waals surface area contributed by atoms with E-state index < -0.39 is 0 Å². The molecule has 0 aliphatic carbocycles. The first kappa shape index (κ1) is 18.9. The molecule has 0 radical (unpaired) electrons. The van der Waals surface area contributed by atoms with Crippen molar-refractivity contribution in [1.82, 2.24) is 5.32 Å². The van der Waals surface area contributed by atoms with Crippen LogP contribution in [0.2, 0.25) is 0 Å². The second-order valence-electron chi connectivity index (χ2n) is 5.97. The summed E-state index contributed by atoms with van der Waals surface area (Å²) in [6.45, 7) is 6.29. The van der Waals surface area contributed by atoms with Crippen LogP contribution in [0.3, 0.4) is 0 Å². The van der Waals surface area contributed by atoms with Crippen LogP contribution in [0.4, 0.5) is 0 Å². The van der Waals surface area contributed by atoms with E-state index in [2.05, 4.69) is 25.2 Å². The molecule has 0 aliphatic rings. The molecule has 2 aromatic heterocycles. The van der Waals surface area contributed by atoms with Crippen molar-refractivity contribution in [2.24, 2.45) is 5.92 Å². The third-order valence-corrected chi connectivity index (χ3v) is 6.28. The van der Waals surface area contributed by atoms with Crippen LogP contribution in [0.25, 0.3) is 0 Å². The number of carbonyl (C=O) groups excluding carboxylic acids is 2.